The van der Waals surface area contributed by atoms with E-state index in [0.717, 1.165) is 49.9 Å². The fraction of sp³-hybridized carbons (Fsp3) is 0.533. The van der Waals surface area contributed by atoms with Crippen LogP contribution in [0.1, 0.15) is 29.1 Å². The molecule has 0 bridgehead atoms. The highest BCUT2D eigenvalue weighted by molar-refractivity contribution is 7.14. The Morgan fingerprint density at radius 1 is 1.35 bits per heavy atom. The summed E-state index contributed by atoms with van der Waals surface area (Å²) < 4.78 is 3.42. The lowest BCUT2D eigenvalue weighted by molar-refractivity contribution is 0.0934. The van der Waals surface area contributed by atoms with Crippen molar-refractivity contribution >= 4 is 22.2 Å². The summed E-state index contributed by atoms with van der Waals surface area (Å²) in [5, 5.41) is 18.4. The van der Waals surface area contributed by atoms with Gasteiger partial charge in [0.25, 0.3) is 5.91 Å². The Hall–Kier alpha value is -2.37. The van der Waals surface area contributed by atoms with E-state index >= 15 is 0 Å². The molecule has 138 valence electrons. The van der Waals surface area contributed by atoms with Crippen LogP contribution in [-0.2, 0) is 6.54 Å². The van der Waals surface area contributed by atoms with Crippen LogP contribution in [0.3, 0.4) is 0 Å². The largest absolute Gasteiger partial charge is 0.342 e. The van der Waals surface area contributed by atoms with Gasteiger partial charge in [-0.15, -0.1) is 5.10 Å². The van der Waals surface area contributed by atoms with Crippen molar-refractivity contribution in [2.75, 3.05) is 32.7 Å². The molecule has 0 aromatic carbocycles. The Bertz CT molecular complexity index is 850. The number of imidazole rings is 1. The van der Waals surface area contributed by atoms with Gasteiger partial charge in [0.15, 0.2) is 5.69 Å². The molecule has 4 heterocycles. The first-order chi connectivity index (χ1) is 12.7. The first kappa shape index (κ1) is 17.1. The maximum atomic E-state index is 12.4. The average molecular weight is 375 g/mol. The molecule has 0 radical (unpaired) electrons. The highest BCUT2D eigenvalue weighted by Gasteiger charge is 2.18. The predicted octanol–water partition coefficient (Wildman–Crippen LogP) is -0.221. The molecular weight excluding hydrogens is 354 g/mol. The number of rotatable bonds is 6. The maximum absolute atomic E-state index is 12.4. The fourth-order valence-corrected chi connectivity index (χ4v) is 3.51. The SMILES string of the molecule is C[C@@H](NC(=O)c1cn(CCN2CCNCC2)nn1)c1cn2ncsc2n1. The summed E-state index contributed by atoms with van der Waals surface area (Å²) in [5.41, 5.74) is 2.81. The number of hydrogen-bond donors (Lipinski definition) is 2. The molecule has 0 aliphatic carbocycles. The van der Waals surface area contributed by atoms with Crippen LogP contribution in [0.2, 0.25) is 0 Å². The van der Waals surface area contributed by atoms with Crippen LogP contribution in [0.4, 0.5) is 0 Å². The monoisotopic (exact) mass is 375 g/mol. The van der Waals surface area contributed by atoms with Crippen LogP contribution in [0.5, 0.6) is 0 Å². The predicted molar refractivity (Wildman–Crippen MR) is 96.1 cm³/mol. The minimum Gasteiger partial charge on any atom is -0.342 e. The van der Waals surface area contributed by atoms with Gasteiger partial charge in [-0.05, 0) is 6.92 Å². The van der Waals surface area contributed by atoms with Gasteiger partial charge in [0.2, 0.25) is 4.96 Å². The number of nitrogens with one attached hydrogen (secondary N) is 2. The van der Waals surface area contributed by atoms with E-state index in [0.29, 0.717) is 5.69 Å². The summed E-state index contributed by atoms with van der Waals surface area (Å²) >= 11 is 1.46. The zero-order valence-electron chi connectivity index (χ0n) is 14.5. The van der Waals surface area contributed by atoms with E-state index in [4.69, 9.17) is 0 Å². The van der Waals surface area contributed by atoms with Gasteiger partial charge in [-0.3, -0.25) is 14.4 Å². The molecule has 1 atom stereocenters. The molecule has 1 saturated heterocycles. The van der Waals surface area contributed by atoms with Gasteiger partial charge in [-0.25, -0.2) is 9.50 Å². The van der Waals surface area contributed by atoms with Crippen molar-refractivity contribution in [2.24, 2.45) is 0 Å². The third kappa shape index (κ3) is 3.74. The summed E-state index contributed by atoms with van der Waals surface area (Å²) in [6, 6.07) is -0.234. The van der Waals surface area contributed by atoms with Crippen LogP contribution < -0.4 is 10.6 Å². The summed E-state index contributed by atoms with van der Waals surface area (Å²) in [6.07, 6.45) is 3.51. The van der Waals surface area contributed by atoms with E-state index in [1.54, 1.807) is 20.9 Å². The van der Waals surface area contributed by atoms with E-state index < -0.39 is 0 Å². The second-order valence-corrected chi connectivity index (χ2v) is 7.10. The molecule has 2 N–H and O–H groups in total. The molecule has 1 aliphatic rings. The molecule has 4 rings (SSSR count). The van der Waals surface area contributed by atoms with E-state index in [2.05, 4.69) is 35.9 Å². The molecule has 3 aromatic heterocycles. The van der Waals surface area contributed by atoms with Crippen LogP contribution in [0.15, 0.2) is 17.9 Å². The second-order valence-electron chi connectivity index (χ2n) is 6.29. The molecular formula is C15H21N9OS. The smallest absolute Gasteiger partial charge is 0.273 e. The van der Waals surface area contributed by atoms with Gasteiger partial charge >= 0.3 is 0 Å². The van der Waals surface area contributed by atoms with Crippen LogP contribution >= 0.6 is 11.3 Å². The van der Waals surface area contributed by atoms with Crippen molar-refractivity contribution in [2.45, 2.75) is 19.5 Å². The van der Waals surface area contributed by atoms with Gasteiger partial charge in [0, 0.05) is 32.7 Å². The summed E-state index contributed by atoms with van der Waals surface area (Å²) in [7, 11) is 0. The van der Waals surface area contributed by atoms with Gasteiger partial charge < -0.3 is 10.6 Å². The third-order valence-corrected chi connectivity index (χ3v) is 5.11. The molecule has 3 aromatic rings. The number of nitrogens with zero attached hydrogens (tertiary/aromatic N) is 7. The number of piperazine rings is 1. The number of carbonyl (C=O) groups is 1. The highest BCUT2D eigenvalue weighted by Crippen LogP contribution is 2.15. The van der Waals surface area contributed by atoms with E-state index in [-0.39, 0.29) is 11.9 Å². The number of aromatic nitrogens is 6. The Morgan fingerprint density at radius 3 is 3.00 bits per heavy atom. The molecule has 11 heteroatoms. The van der Waals surface area contributed by atoms with Crippen LogP contribution in [0, 0.1) is 0 Å². The lowest BCUT2D eigenvalue weighted by Crippen LogP contribution is -2.44. The van der Waals surface area contributed by atoms with Gasteiger partial charge in [0.05, 0.1) is 30.7 Å². The standard InChI is InChI=1S/C15H21N9OS/c1-11(12-9-24-15(19-12)26-10-17-24)18-14(25)13-8-23(21-20-13)7-6-22-4-2-16-3-5-22/h8-11,16H,2-7H2,1H3,(H,18,25)/t11-/m1/s1. The third-order valence-electron chi connectivity index (χ3n) is 4.42. The molecule has 1 amide bonds. The topological polar surface area (TPSA) is 105 Å². The molecule has 1 aliphatic heterocycles. The lowest BCUT2D eigenvalue weighted by atomic mass is 10.2. The molecule has 0 saturated carbocycles. The zero-order valence-corrected chi connectivity index (χ0v) is 15.3. The Kier molecular flexibility index (Phi) is 4.91. The summed E-state index contributed by atoms with van der Waals surface area (Å²) in [5.74, 6) is -0.254. The maximum Gasteiger partial charge on any atom is 0.273 e. The van der Waals surface area contributed by atoms with Crippen molar-refractivity contribution < 1.29 is 4.79 Å². The lowest BCUT2D eigenvalue weighted by Gasteiger charge is -2.26. The molecule has 1 fully saturated rings. The highest BCUT2D eigenvalue weighted by atomic mass is 32.1. The van der Waals surface area contributed by atoms with Crippen LogP contribution in [0.25, 0.3) is 4.96 Å². The molecule has 10 nitrogen and oxygen atoms in total. The van der Waals surface area contributed by atoms with Crippen LogP contribution in [-0.4, -0.2) is 73.1 Å². The number of fused-ring (bicyclic) bond motifs is 1. The van der Waals surface area contributed by atoms with Crippen molar-refractivity contribution in [1.82, 2.24) is 45.1 Å². The van der Waals surface area contributed by atoms with Gasteiger partial charge in [-0.2, -0.15) is 5.10 Å². The minimum atomic E-state index is -0.254. The fourth-order valence-electron chi connectivity index (χ4n) is 2.90. The summed E-state index contributed by atoms with van der Waals surface area (Å²) in [4.78, 5) is 20.0. The Morgan fingerprint density at radius 2 is 2.19 bits per heavy atom. The van der Waals surface area contributed by atoms with Crippen molar-refractivity contribution in [3.8, 4) is 0 Å². The van der Waals surface area contributed by atoms with E-state index in [1.165, 1.54) is 11.3 Å². The number of hydrogen-bond acceptors (Lipinski definition) is 8. The average Bonchev–Trinajstić information content (AvgIpc) is 3.36. The zero-order chi connectivity index (χ0) is 17.9. The number of amides is 1. The molecule has 26 heavy (non-hydrogen) atoms. The molecule has 0 spiro atoms. The molecule has 0 unspecified atom stereocenters. The number of carbonyl (C=O) groups excluding carboxylic acids is 1. The normalized spacial score (nSPS) is 16.8. The van der Waals surface area contributed by atoms with E-state index in [1.807, 2.05) is 13.1 Å². The van der Waals surface area contributed by atoms with Gasteiger partial charge in [0.1, 0.15) is 5.51 Å². The first-order valence-electron chi connectivity index (χ1n) is 8.62. The van der Waals surface area contributed by atoms with Crippen molar-refractivity contribution in [3.05, 3.63) is 29.3 Å². The Balaban J connectivity index is 1.32. The van der Waals surface area contributed by atoms with Crippen molar-refractivity contribution in [3.63, 3.8) is 0 Å². The minimum absolute atomic E-state index is 0.234. The second kappa shape index (κ2) is 7.48. The Labute approximate surface area is 154 Å². The van der Waals surface area contributed by atoms with E-state index in [9.17, 15) is 4.79 Å². The summed E-state index contributed by atoms with van der Waals surface area (Å²) in [6.45, 7) is 7.63. The van der Waals surface area contributed by atoms with Gasteiger partial charge in [-0.1, -0.05) is 16.6 Å². The first-order valence-corrected chi connectivity index (χ1v) is 9.50. The quantitative estimate of drug-likeness (QED) is 0.613. The van der Waals surface area contributed by atoms with Crippen molar-refractivity contribution in [1.29, 1.82) is 0 Å².